The molecule has 0 saturated heterocycles. The predicted octanol–water partition coefficient (Wildman–Crippen LogP) is 4.30. The lowest BCUT2D eigenvalue weighted by atomic mass is 10.1. The summed E-state index contributed by atoms with van der Waals surface area (Å²) >= 11 is 1.78. The molecule has 0 fully saturated rings. The summed E-state index contributed by atoms with van der Waals surface area (Å²) < 4.78 is 0. The molecule has 2 aromatic heterocycles. The largest absolute Gasteiger partial charge is 0.305 e. The van der Waals surface area contributed by atoms with Crippen molar-refractivity contribution in [2.24, 2.45) is 0 Å². The zero-order valence-electron chi connectivity index (χ0n) is 12.3. The van der Waals surface area contributed by atoms with Crippen LogP contribution in [0.3, 0.4) is 0 Å². The van der Waals surface area contributed by atoms with E-state index in [1.165, 1.54) is 21.6 Å². The minimum Gasteiger partial charge on any atom is -0.305 e. The summed E-state index contributed by atoms with van der Waals surface area (Å²) in [7, 11) is 0. The van der Waals surface area contributed by atoms with E-state index in [0.29, 0.717) is 6.04 Å². The van der Waals surface area contributed by atoms with E-state index in [9.17, 15) is 0 Å². The van der Waals surface area contributed by atoms with Crippen LogP contribution >= 0.6 is 11.3 Å². The Bertz CT molecular complexity index is 683. The highest BCUT2D eigenvalue weighted by molar-refractivity contribution is 7.10. The standard InChI is InChI=1S/C17H19N3S/c1-12-5-7-14(8-6-12)17-15(11-19-20-17)10-18-13(2)16-4-3-9-21-16/h3-9,11,13,18H,10H2,1-2H3,(H,19,20)/t13-/m0/s1. The molecule has 0 spiro atoms. The molecule has 1 atom stereocenters. The Morgan fingerprint density at radius 2 is 2.05 bits per heavy atom. The zero-order valence-corrected chi connectivity index (χ0v) is 13.1. The first kappa shape index (κ1) is 14.0. The molecule has 0 bridgehead atoms. The SMILES string of the molecule is Cc1ccc(-c2[nH]ncc2CN[C@@H](C)c2cccs2)cc1. The van der Waals surface area contributed by atoms with Crippen molar-refractivity contribution < 1.29 is 0 Å². The smallest absolute Gasteiger partial charge is 0.0695 e. The van der Waals surface area contributed by atoms with Crippen molar-refractivity contribution in [3.8, 4) is 11.3 Å². The van der Waals surface area contributed by atoms with E-state index >= 15 is 0 Å². The van der Waals surface area contributed by atoms with Crippen molar-refractivity contribution in [1.29, 1.82) is 0 Å². The molecule has 2 N–H and O–H groups in total. The summed E-state index contributed by atoms with van der Waals surface area (Å²) in [4.78, 5) is 1.36. The topological polar surface area (TPSA) is 40.7 Å². The average Bonchev–Trinajstić information content (AvgIpc) is 3.17. The van der Waals surface area contributed by atoms with Crippen LogP contribution in [0.4, 0.5) is 0 Å². The van der Waals surface area contributed by atoms with Crippen molar-refractivity contribution >= 4 is 11.3 Å². The van der Waals surface area contributed by atoms with Crippen LogP contribution in [-0.2, 0) is 6.54 Å². The second-order valence-electron chi connectivity index (χ2n) is 5.25. The normalized spacial score (nSPS) is 12.5. The van der Waals surface area contributed by atoms with Crippen LogP contribution < -0.4 is 5.32 Å². The Hall–Kier alpha value is -1.91. The van der Waals surface area contributed by atoms with Crippen LogP contribution in [-0.4, -0.2) is 10.2 Å². The maximum absolute atomic E-state index is 4.20. The fourth-order valence-electron chi connectivity index (χ4n) is 2.32. The summed E-state index contributed by atoms with van der Waals surface area (Å²) in [5, 5.41) is 13.0. The average molecular weight is 297 g/mol. The molecule has 0 aliphatic rings. The first-order chi connectivity index (χ1) is 10.2. The monoisotopic (exact) mass is 297 g/mol. The van der Waals surface area contributed by atoms with Crippen LogP contribution in [0.25, 0.3) is 11.3 Å². The van der Waals surface area contributed by atoms with E-state index in [1.807, 2.05) is 6.20 Å². The lowest BCUT2D eigenvalue weighted by Gasteiger charge is -2.12. The van der Waals surface area contributed by atoms with Crippen molar-refractivity contribution in [2.45, 2.75) is 26.4 Å². The van der Waals surface area contributed by atoms with Gasteiger partial charge in [0.2, 0.25) is 0 Å². The van der Waals surface area contributed by atoms with Gasteiger partial charge in [-0.05, 0) is 30.9 Å². The number of H-pyrrole nitrogens is 1. The summed E-state index contributed by atoms with van der Waals surface area (Å²) in [6, 6.07) is 13.1. The highest BCUT2D eigenvalue weighted by Crippen LogP contribution is 2.23. The van der Waals surface area contributed by atoms with Crippen LogP contribution in [0, 0.1) is 6.92 Å². The molecule has 0 aliphatic heterocycles. The quantitative estimate of drug-likeness (QED) is 0.737. The zero-order chi connectivity index (χ0) is 14.7. The number of nitrogens with zero attached hydrogens (tertiary/aromatic N) is 1. The van der Waals surface area contributed by atoms with Crippen LogP contribution in [0.15, 0.2) is 48.0 Å². The van der Waals surface area contributed by atoms with E-state index < -0.39 is 0 Å². The minimum atomic E-state index is 0.353. The summed E-state index contributed by atoms with van der Waals surface area (Å²) in [5.41, 5.74) is 4.74. The number of aromatic nitrogens is 2. The first-order valence-corrected chi connectivity index (χ1v) is 7.98. The van der Waals surface area contributed by atoms with E-state index in [0.717, 1.165) is 12.2 Å². The van der Waals surface area contributed by atoms with Gasteiger partial charge in [-0.3, -0.25) is 5.10 Å². The third kappa shape index (κ3) is 3.23. The predicted molar refractivity (Wildman–Crippen MR) is 88.3 cm³/mol. The number of hydrogen-bond acceptors (Lipinski definition) is 3. The number of aryl methyl sites for hydroxylation is 1. The molecule has 0 unspecified atom stereocenters. The number of benzene rings is 1. The lowest BCUT2D eigenvalue weighted by Crippen LogP contribution is -2.17. The Morgan fingerprint density at radius 3 is 2.76 bits per heavy atom. The second kappa shape index (κ2) is 6.24. The number of rotatable bonds is 5. The highest BCUT2D eigenvalue weighted by atomic mass is 32.1. The van der Waals surface area contributed by atoms with Gasteiger partial charge in [0.1, 0.15) is 0 Å². The molecule has 0 aliphatic carbocycles. The van der Waals surface area contributed by atoms with Gasteiger partial charge in [-0.2, -0.15) is 5.10 Å². The Kier molecular flexibility index (Phi) is 4.18. The Morgan fingerprint density at radius 1 is 1.24 bits per heavy atom. The molecule has 3 aromatic rings. The third-order valence-electron chi connectivity index (χ3n) is 3.63. The molecule has 2 heterocycles. The van der Waals surface area contributed by atoms with Gasteiger partial charge in [0.15, 0.2) is 0 Å². The summed E-state index contributed by atoms with van der Waals surface area (Å²) in [5.74, 6) is 0. The van der Waals surface area contributed by atoms with E-state index in [-0.39, 0.29) is 0 Å². The van der Waals surface area contributed by atoms with Crippen LogP contribution in [0.5, 0.6) is 0 Å². The van der Waals surface area contributed by atoms with Gasteiger partial charge in [-0.1, -0.05) is 35.9 Å². The first-order valence-electron chi connectivity index (χ1n) is 7.10. The number of hydrogen-bond donors (Lipinski definition) is 2. The number of nitrogens with one attached hydrogen (secondary N) is 2. The Balaban J connectivity index is 1.72. The fraction of sp³-hybridized carbons (Fsp3) is 0.235. The molecule has 0 radical (unpaired) electrons. The van der Waals surface area contributed by atoms with Gasteiger partial charge in [0.05, 0.1) is 11.9 Å². The molecule has 1 aromatic carbocycles. The van der Waals surface area contributed by atoms with Gasteiger partial charge in [0.25, 0.3) is 0 Å². The molecule has 0 saturated carbocycles. The second-order valence-corrected chi connectivity index (χ2v) is 6.23. The Labute approximate surface area is 129 Å². The molecule has 108 valence electrons. The fourth-order valence-corrected chi connectivity index (χ4v) is 3.08. The maximum atomic E-state index is 4.20. The minimum absolute atomic E-state index is 0.353. The maximum Gasteiger partial charge on any atom is 0.0695 e. The van der Waals surface area contributed by atoms with Gasteiger partial charge in [-0.25, -0.2) is 0 Å². The van der Waals surface area contributed by atoms with Gasteiger partial charge in [0, 0.05) is 23.0 Å². The summed E-state index contributed by atoms with van der Waals surface area (Å²) in [6.45, 7) is 5.10. The van der Waals surface area contributed by atoms with E-state index in [4.69, 9.17) is 0 Å². The molecule has 21 heavy (non-hydrogen) atoms. The highest BCUT2D eigenvalue weighted by Gasteiger charge is 2.10. The molecule has 3 nitrogen and oxygen atoms in total. The van der Waals surface area contributed by atoms with Crippen LogP contribution in [0.2, 0.25) is 0 Å². The van der Waals surface area contributed by atoms with Gasteiger partial charge < -0.3 is 5.32 Å². The lowest BCUT2D eigenvalue weighted by molar-refractivity contribution is 0.583. The van der Waals surface area contributed by atoms with Gasteiger partial charge in [-0.15, -0.1) is 11.3 Å². The van der Waals surface area contributed by atoms with Crippen molar-refractivity contribution in [3.63, 3.8) is 0 Å². The molecular weight excluding hydrogens is 278 g/mol. The number of aromatic amines is 1. The molecule has 3 rings (SSSR count). The number of thiophene rings is 1. The van der Waals surface area contributed by atoms with E-state index in [2.05, 4.69) is 71.1 Å². The molecule has 4 heteroatoms. The third-order valence-corrected chi connectivity index (χ3v) is 4.68. The summed E-state index contributed by atoms with van der Waals surface area (Å²) in [6.07, 6.45) is 1.91. The molecular formula is C17H19N3S. The van der Waals surface area contributed by atoms with Crippen molar-refractivity contribution in [2.75, 3.05) is 0 Å². The molecule has 0 amide bonds. The van der Waals surface area contributed by atoms with Gasteiger partial charge >= 0.3 is 0 Å². The van der Waals surface area contributed by atoms with Crippen molar-refractivity contribution in [1.82, 2.24) is 15.5 Å². The van der Waals surface area contributed by atoms with E-state index in [1.54, 1.807) is 11.3 Å². The van der Waals surface area contributed by atoms with Crippen molar-refractivity contribution in [3.05, 3.63) is 64.0 Å². The van der Waals surface area contributed by atoms with Crippen LogP contribution in [0.1, 0.15) is 29.0 Å².